The average Bonchev–Trinajstić information content (AvgIpc) is 3.76. The summed E-state index contributed by atoms with van der Waals surface area (Å²) in [5.41, 5.74) is 2.55. The van der Waals surface area contributed by atoms with Gasteiger partial charge in [0.1, 0.15) is 11.4 Å². The number of hydrogen-bond donors (Lipinski definition) is 0. The van der Waals surface area contributed by atoms with Crippen LogP contribution < -0.4 is 4.74 Å². The molecule has 0 atom stereocenters. The van der Waals surface area contributed by atoms with Crippen molar-refractivity contribution in [3.05, 3.63) is 113 Å². The Morgan fingerprint density at radius 1 is 0.955 bits per heavy atom. The Balaban J connectivity index is 1.34. The lowest BCUT2D eigenvalue weighted by molar-refractivity contribution is 0.0662. The molecule has 0 unspecified atom stereocenters. The van der Waals surface area contributed by atoms with Crippen LogP contribution in [0.5, 0.6) is 5.75 Å². The highest BCUT2D eigenvalue weighted by atomic mass is 35.5. The SMILES string of the molecule is COc1ccc(-c2nc(-c3ccncc3)nn2CCN(C(=O)c2ncccc2C(=O)c2ccccc2)C2CCCC2)cc1Cl. The van der Waals surface area contributed by atoms with E-state index in [1.54, 1.807) is 66.8 Å². The molecule has 0 bridgehead atoms. The minimum Gasteiger partial charge on any atom is -0.495 e. The largest absolute Gasteiger partial charge is 0.495 e. The molecule has 2 aromatic carbocycles. The molecule has 0 spiro atoms. The Labute approximate surface area is 260 Å². The van der Waals surface area contributed by atoms with E-state index in [0.717, 1.165) is 36.8 Å². The zero-order valence-electron chi connectivity index (χ0n) is 24.3. The van der Waals surface area contributed by atoms with Gasteiger partial charge in [-0.25, -0.2) is 9.67 Å². The fourth-order valence-electron chi connectivity index (χ4n) is 5.65. The fraction of sp³-hybridized carbons (Fsp3) is 0.235. The van der Waals surface area contributed by atoms with Gasteiger partial charge < -0.3 is 9.64 Å². The summed E-state index contributed by atoms with van der Waals surface area (Å²) >= 11 is 6.49. The Morgan fingerprint density at radius 2 is 1.73 bits per heavy atom. The summed E-state index contributed by atoms with van der Waals surface area (Å²) in [6.07, 6.45) is 8.81. The molecule has 6 rings (SSSR count). The third-order valence-electron chi connectivity index (χ3n) is 7.89. The topological polar surface area (TPSA) is 103 Å². The van der Waals surface area contributed by atoms with Gasteiger partial charge in [0.15, 0.2) is 17.4 Å². The highest BCUT2D eigenvalue weighted by Gasteiger charge is 2.31. The van der Waals surface area contributed by atoms with Crippen molar-refractivity contribution < 1.29 is 14.3 Å². The van der Waals surface area contributed by atoms with Crippen LogP contribution in [0.2, 0.25) is 5.02 Å². The van der Waals surface area contributed by atoms with E-state index in [1.165, 1.54) is 0 Å². The highest BCUT2D eigenvalue weighted by Crippen LogP contribution is 2.31. The summed E-state index contributed by atoms with van der Waals surface area (Å²) in [6, 6.07) is 21.5. The number of carbonyl (C=O) groups excluding carboxylic acids is 2. The minimum atomic E-state index is -0.264. The number of hydrogen-bond acceptors (Lipinski definition) is 7. The molecule has 1 fully saturated rings. The van der Waals surface area contributed by atoms with Gasteiger partial charge in [-0.3, -0.25) is 19.6 Å². The quantitative estimate of drug-likeness (QED) is 0.170. The molecule has 44 heavy (non-hydrogen) atoms. The summed E-state index contributed by atoms with van der Waals surface area (Å²) < 4.78 is 7.15. The molecular weight excluding hydrogens is 576 g/mol. The number of ketones is 1. The van der Waals surface area contributed by atoms with Crippen molar-refractivity contribution in [2.75, 3.05) is 13.7 Å². The van der Waals surface area contributed by atoms with E-state index in [4.69, 9.17) is 26.4 Å². The lowest BCUT2D eigenvalue weighted by Gasteiger charge is -2.29. The first-order chi connectivity index (χ1) is 21.5. The molecule has 1 amide bonds. The van der Waals surface area contributed by atoms with Gasteiger partial charge in [-0.05, 0) is 55.3 Å². The molecule has 3 heterocycles. The molecule has 0 radical (unpaired) electrons. The molecule has 1 aliphatic rings. The maximum absolute atomic E-state index is 14.2. The second-order valence-electron chi connectivity index (χ2n) is 10.6. The molecule has 5 aromatic rings. The van der Waals surface area contributed by atoms with Gasteiger partial charge in [0.25, 0.3) is 5.91 Å². The van der Waals surface area contributed by atoms with E-state index in [-0.39, 0.29) is 23.4 Å². The predicted octanol–water partition coefficient (Wildman–Crippen LogP) is 6.38. The predicted molar refractivity (Wildman–Crippen MR) is 168 cm³/mol. The van der Waals surface area contributed by atoms with E-state index in [9.17, 15) is 9.59 Å². The standard InChI is InChI=1S/C34H31ClN6O3/c1-44-29-14-13-25(22-28(29)35)33-38-32(24-15-18-36-19-16-24)39-41(33)21-20-40(26-10-5-6-11-26)34(43)30-27(12-7-17-37-30)31(42)23-8-3-2-4-9-23/h2-4,7-9,12-19,22,26H,5-6,10-11,20-21H2,1H3. The van der Waals surface area contributed by atoms with Crippen LogP contribution in [-0.4, -0.2) is 61.0 Å². The maximum atomic E-state index is 14.2. The number of rotatable bonds is 10. The zero-order valence-corrected chi connectivity index (χ0v) is 25.0. The smallest absolute Gasteiger partial charge is 0.273 e. The number of nitrogens with zero attached hydrogens (tertiary/aromatic N) is 6. The summed E-state index contributed by atoms with van der Waals surface area (Å²) in [7, 11) is 1.57. The lowest BCUT2D eigenvalue weighted by Crippen LogP contribution is -2.42. The van der Waals surface area contributed by atoms with Crippen molar-refractivity contribution >= 4 is 23.3 Å². The molecule has 0 aliphatic heterocycles. The van der Waals surface area contributed by atoms with Crippen molar-refractivity contribution in [1.29, 1.82) is 0 Å². The van der Waals surface area contributed by atoms with Gasteiger partial charge in [-0.1, -0.05) is 54.8 Å². The molecule has 1 aliphatic carbocycles. The highest BCUT2D eigenvalue weighted by molar-refractivity contribution is 6.32. The van der Waals surface area contributed by atoms with Gasteiger partial charge >= 0.3 is 0 Å². The molecule has 10 heteroatoms. The second-order valence-corrected chi connectivity index (χ2v) is 11.0. The molecule has 9 nitrogen and oxygen atoms in total. The van der Waals surface area contributed by atoms with Crippen LogP contribution in [0.3, 0.4) is 0 Å². The Bertz CT molecular complexity index is 1770. The number of pyridine rings is 2. The van der Waals surface area contributed by atoms with Crippen LogP contribution in [0.25, 0.3) is 22.8 Å². The summed E-state index contributed by atoms with van der Waals surface area (Å²) in [5.74, 6) is 1.21. The monoisotopic (exact) mass is 606 g/mol. The van der Waals surface area contributed by atoms with Crippen molar-refractivity contribution in [2.45, 2.75) is 38.3 Å². The summed E-state index contributed by atoms with van der Waals surface area (Å²) in [6.45, 7) is 0.725. The number of aromatic nitrogens is 5. The minimum absolute atomic E-state index is 0.0336. The van der Waals surface area contributed by atoms with Crippen molar-refractivity contribution in [3.63, 3.8) is 0 Å². The van der Waals surface area contributed by atoms with E-state index in [0.29, 0.717) is 46.6 Å². The molecule has 0 N–H and O–H groups in total. The van der Waals surface area contributed by atoms with E-state index >= 15 is 0 Å². The van der Waals surface area contributed by atoms with E-state index in [2.05, 4.69) is 9.97 Å². The van der Waals surface area contributed by atoms with Gasteiger partial charge in [-0.2, -0.15) is 5.10 Å². The summed E-state index contributed by atoms with van der Waals surface area (Å²) in [4.78, 5) is 42.9. The van der Waals surface area contributed by atoms with E-state index < -0.39 is 0 Å². The van der Waals surface area contributed by atoms with Crippen LogP contribution in [-0.2, 0) is 6.54 Å². The Morgan fingerprint density at radius 3 is 2.45 bits per heavy atom. The average molecular weight is 607 g/mol. The van der Waals surface area contributed by atoms with Crippen LogP contribution in [0.4, 0.5) is 0 Å². The number of methoxy groups -OCH3 is 1. The first kappa shape index (κ1) is 29.2. The van der Waals surface area contributed by atoms with Gasteiger partial charge in [-0.15, -0.1) is 0 Å². The van der Waals surface area contributed by atoms with E-state index in [1.807, 2.05) is 41.3 Å². The molecular formula is C34H31ClN6O3. The number of halogens is 1. The van der Waals surface area contributed by atoms with Crippen molar-refractivity contribution in [1.82, 2.24) is 29.6 Å². The van der Waals surface area contributed by atoms with Crippen LogP contribution in [0, 0.1) is 0 Å². The number of carbonyl (C=O) groups is 2. The second kappa shape index (κ2) is 13.2. The number of amides is 1. The number of ether oxygens (including phenoxy) is 1. The third-order valence-corrected chi connectivity index (χ3v) is 8.19. The Hall–Kier alpha value is -4.89. The van der Waals surface area contributed by atoms with Crippen LogP contribution >= 0.6 is 11.6 Å². The Kier molecular flexibility index (Phi) is 8.74. The molecule has 222 valence electrons. The third kappa shape index (κ3) is 6.09. The van der Waals surface area contributed by atoms with Crippen molar-refractivity contribution in [2.24, 2.45) is 0 Å². The van der Waals surface area contributed by atoms with Crippen LogP contribution in [0.1, 0.15) is 52.1 Å². The maximum Gasteiger partial charge on any atom is 0.273 e. The van der Waals surface area contributed by atoms with Gasteiger partial charge in [0.2, 0.25) is 0 Å². The molecule has 1 saturated carbocycles. The fourth-order valence-corrected chi connectivity index (χ4v) is 5.91. The molecule has 0 saturated heterocycles. The first-order valence-electron chi connectivity index (χ1n) is 14.6. The first-order valence-corrected chi connectivity index (χ1v) is 15.0. The van der Waals surface area contributed by atoms with Gasteiger partial charge in [0.05, 0.1) is 24.2 Å². The van der Waals surface area contributed by atoms with Crippen LogP contribution in [0.15, 0.2) is 91.4 Å². The number of benzene rings is 2. The lowest BCUT2D eigenvalue weighted by atomic mass is 10.0. The van der Waals surface area contributed by atoms with Gasteiger partial charge in [0, 0.05) is 47.9 Å². The summed E-state index contributed by atoms with van der Waals surface area (Å²) in [5, 5.41) is 5.30. The zero-order chi connectivity index (χ0) is 30.5. The molecule has 3 aromatic heterocycles. The normalized spacial score (nSPS) is 13.1. The van der Waals surface area contributed by atoms with Crippen molar-refractivity contribution in [3.8, 4) is 28.5 Å².